The molecular weight excluding hydrogens is 282 g/mol. The second-order valence-corrected chi connectivity index (χ2v) is 0. The van der Waals surface area contributed by atoms with E-state index in [0.29, 0.717) is 0 Å². The van der Waals surface area contributed by atoms with E-state index in [1.165, 1.54) is 0 Å². The van der Waals surface area contributed by atoms with Crippen molar-refractivity contribution in [1.82, 2.24) is 0 Å². The number of hydrogen-bond donors (Lipinski definition) is 0. The van der Waals surface area contributed by atoms with Gasteiger partial charge >= 0.3 is 49.3 Å². The second kappa shape index (κ2) is 44.1. The Morgan fingerprint density at radius 2 is 1.17 bits per heavy atom. The third-order valence-corrected chi connectivity index (χ3v) is 0. The van der Waals surface area contributed by atoms with Gasteiger partial charge in [-0.05, 0) is 0 Å². The zero-order chi connectivity index (χ0) is 2.00. The minimum Gasteiger partial charge on any atom is 0 e. The summed E-state index contributed by atoms with van der Waals surface area (Å²) in [5.41, 5.74) is 0. The summed E-state index contributed by atoms with van der Waals surface area (Å²) >= 11 is 1.69. The van der Waals surface area contributed by atoms with Gasteiger partial charge in [0.2, 0.25) is 0 Å². The predicted molar refractivity (Wildman–Crippen MR) is 7.84 cm³/mol. The maximum absolute atomic E-state index is 8.06. The molecule has 0 spiro atoms. The zero-order valence-corrected chi connectivity index (χ0v) is 8.19. The molecule has 0 fully saturated rings. The van der Waals surface area contributed by atoms with Gasteiger partial charge in [0.1, 0.15) is 0 Å². The molecule has 0 aliphatic carbocycles. The van der Waals surface area contributed by atoms with Crippen molar-refractivity contribution in [2.24, 2.45) is 0 Å². The first kappa shape index (κ1) is 36.2. The van der Waals surface area contributed by atoms with E-state index in [9.17, 15) is 0 Å². The van der Waals surface area contributed by atoms with Crippen molar-refractivity contribution in [3.63, 3.8) is 0 Å². The Morgan fingerprint density at radius 3 is 1.17 bits per heavy atom. The van der Waals surface area contributed by atoms with Gasteiger partial charge in [0, 0.05) is 53.0 Å². The van der Waals surface area contributed by atoms with Crippen LogP contribution in [0.2, 0.25) is 0 Å². The molecule has 38 valence electrons. The second-order valence-electron chi connectivity index (χ2n) is 0. The maximum atomic E-state index is 8.06. The molecule has 0 atom stereocenters. The van der Waals surface area contributed by atoms with E-state index in [-0.39, 0.29) is 82.6 Å². The van der Waals surface area contributed by atoms with Gasteiger partial charge in [0.05, 0.1) is 0 Å². The largest absolute Gasteiger partial charge is 0 e. The van der Waals surface area contributed by atoms with Crippen molar-refractivity contribution in [1.29, 1.82) is 0 Å². The van der Waals surface area contributed by atoms with Gasteiger partial charge < -0.3 is 0 Å². The molecule has 6 heteroatoms. The first-order valence-corrected chi connectivity index (χ1v) is 0.636. The molecule has 0 aliphatic heterocycles. The molecular formula is HCuMnNaNiOZn. The van der Waals surface area contributed by atoms with E-state index in [0.717, 1.165) is 0 Å². The first-order chi connectivity index (χ1) is 1.00. The summed E-state index contributed by atoms with van der Waals surface area (Å²) in [7, 11) is 0. The molecule has 0 aromatic rings. The Kier molecular flexibility index (Phi) is 266. The smallest absolute Gasteiger partial charge is 0 e. The topological polar surface area (TPSA) is 17.1 Å². The van der Waals surface area contributed by atoms with Crippen LogP contribution in [0, 0.1) is 0 Å². The van der Waals surface area contributed by atoms with E-state index in [1.807, 2.05) is 0 Å². The van der Waals surface area contributed by atoms with Crippen molar-refractivity contribution in [2.75, 3.05) is 0 Å². The Labute approximate surface area is 101 Å². The first-order valence-electron chi connectivity index (χ1n) is 0.154. The van der Waals surface area contributed by atoms with Crippen molar-refractivity contribution >= 4 is 29.6 Å². The fourth-order valence-electron chi connectivity index (χ4n) is 0. The van der Waals surface area contributed by atoms with Gasteiger partial charge in [-0.25, -0.2) is 0 Å². The van der Waals surface area contributed by atoms with Crippen LogP contribution in [0.15, 0.2) is 0 Å². The van der Waals surface area contributed by atoms with Crippen LogP contribution >= 0.6 is 0 Å². The summed E-state index contributed by atoms with van der Waals surface area (Å²) in [6.45, 7) is 0. The predicted octanol–water partition coefficient (Wildman–Crippen LogP) is -0.777. The van der Waals surface area contributed by atoms with Crippen LogP contribution < -0.4 is 0 Å². The summed E-state index contributed by atoms with van der Waals surface area (Å²) in [6.07, 6.45) is 0. The zero-order valence-electron chi connectivity index (χ0n) is 2.11. The average molecular weight is 283 g/mol. The van der Waals surface area contributed by atoms with Crippen molar-refractivity contribution < 1.29 is 72.8 Å². The van der Waals surface area contributed by atoms with E-state index in [2.05, 4.69) is 0 Å². The summed E-state index contributed by atoms with van der Waals surface area (Å²) in [5, 5.41) is 0. The molecule has 0 aromatic carbocycles. The van der Waals surface area contributed by atoms with Gasteiger partial charge in [-0.15, -0.1) is 0 Å². The minimum atomic E-state index is 0. The monoisotopic (exact) mass is 280 g/mol. The van der Waals surface area contributed by atoms with Crippen LogP contribution in [0.5, 0.6) is 0 Å². The van der Waals surface area contributed by atoms with Crippen LogP contribution in [-0.4, -0.2) is 29.6 Å². The van der Waals surface area contributed by atoms with Crippen LogP contribution in [0.3, 0.4) is 0 Å². The Balaban J connectivity index is -0.000000000833. The number of rotatable bonds is 0. The van der Waals surface area contributed by atoms with Crippen LogP contribution in [0.1, 0.15) is 0 Å². The standard InChI is InChI=1S/Cu.Mn.Na.Ni.O.Zn.H. The molecule has 0 heterocycles. The fraction of sp³-hybridized carbons (Fsp3) is 0. The van der Waals surface area contributed by atoms with Gasteiger partial charge in [-0.2, -0.15) is 0 Å². The van der Waals surface area contributed by atoms with Gasteiger partial charge in [0.25, 0.3) is 0 Å². The average Bonchev–Trinajstić information content (AvgIpc) is 1.00. The molecule has 0 aromatic heterocycles. The van der Waals surface area contributed by atoms with E-state index >= 15 is 0 Å². The van der Waals surface area contributed by atoms with Crippen LogP contribution in [0.25, 0.3) is 0 Å². The Hall–Kier alpha value is 2.96. The summed E-state index contributed by atoms with van der Waals surface area (Å²) in [4.78, 5) is 0. The summed E-state index contributed by atoms with van der Waals surface area (Å²) < 4.78 is 8.06. The number of hydrogen-bond acceptors (Lipinski definition) is 1. The van der Waals surface area contributed by atoms with Crippen molar-refractivity contribution in [2.45, 2.75) is 0 Å². The molecule has 1 nitrogen and oxygen atoms in total. The van der Waals surface area contributed by atoms with Crippen LogP contribution in [-0.2, 0) is 72.8 Å². The summed E-state index contributed by atoms with van der Waals surface area (Å²) in [5.74, 6) is 0. The third kappa shape index (κ3) is 28.2. The Bertz CT molecular complexity index is 15.5. The maximum Gasteiger partial charge on any atom is 0 e. The fourth-order valence-corrected chi connectivity index (χ4v) is 0. The molecule has 0 aliphatic rings. The van der Waals surface area contributed by atoms with Crippen molar-refractivity contribution in [3.8, 4) is 0 Å². The molecule has 1 radical (unpaired) electrons. The van der Waals surface area contributed by atoms with Gasteiger partial charge in [-0.3, -0.25) is 0 Å². The van der Waals surface area contributed by atoms with E-state index in [1.54, 1.807) is 15.9 Å². The third-order valence-electron chi connectivity index (χ3n) is 0. The molecule has 0 unspecified atom stereocenters. The molecule has 0 saturated heterocycles. The molecule has 0 amide bonds. The molecule has 0 rings (SSSR count). The molecule has 0 bridgehead atoms. The normalized spacial score (nSPS) is 0.667. The molecule has 6 heavy (non-hydrogen) atoms. The molecule has 0 N–H and O–H groups in total. The minimum absolute atomic E-state index is 0. The van der Waals surface area contributed by atoms with E-state index in [4.69, 9.17) is 3.83 Å². The van der Waals surface area contributed by atoms with Crippen LogP contribution in [0.4, 0.5) is 0 Å². The summed E-state index contributed by atoms with van der Waals surface area (Å²) in [6, 6.07) is 0. The quantitative estimate of drug-likeness (QED) is 0.533. The SMILES string of the molecule is [Cu].[NaH].[Ni].[O]=[Mn].[Zn]. The van der Waals surface area contributed by atoms with E-state index < -0.39 is 0 Å². The van der Waals surface area contributed by atoms with Gasteiger partial charge in [0.15, 0.2) is 0 Å². The van der Waals surface area contributed by atoms with Crippen molar-refractivity contribution in [3.05, 3.63) is 0 Å². The van der Waals surface area contributed by atoms with Gasteiger partial charge in [-0.1, -0.05) is 0 Å². The Morgan fingerprint density at radius 1 is 1.17 bits per heavy atom. The molecule has 0 saturated carbocycles.